The Labute approximate surface area is 237 Å². The van der Waals surface area contributed by atoms with E-state index in [-0.39, 0.29) is 43.2 Å². The van der Waals surface area contributed by atoms with Gasteiger partial charge in [-0.1, -0.05) is 39.3 Å². The molecule has 3 aliphatic rings. The molecule has 0 bridgehead atoms. The fraction of sp³-hybridized carbons (Fsp3) is 0.828. The Morgan fingerprint density at radius 2 is 2.00 bits per heavy atom. The molecule has 6 N–H and O–H groups in total. The number of halogens is 4. The molecule has 0 saturated carbocycles. The van der Waals surface area contributed by atoms with Crippen molar-refractivity contribution in [1.82, 2.24) is 26.2 Å². The smallest absolute Gasteiger partial charge is 0.387 e. The Bertz CT molecular complexity index is 894. The molecule has 2 saturated heterocycles. The number of alkyl halides is 4. The highest BCUT2D eigenvalue weighted by Gasteiger charge is 2.46. The lowest BCUT2D eigenvalue weighted by molar-refractivity contribution is -0.150. The minimum absolute atomic E-state index is 0.0838. The van der Waals surface area contributed by atoms with Gasteiger partial charge in [0.15, 0.2) is 0 Å². The summed E-state index contributed by atoms with van der Waals surface area (Å²) in [5.74, 6) is -0.911. The van der Waals surface area contributed by atoms with Crippen molar-refractivity contribution in [1.29, 1.82) is 0 Å². The van der Waals surface area contributed by atoms with E-state index in [1.807, 2.05) is 19.1 Å². The molecule has 0 aliphatic carbocycles. The standard InChI is InChI=1S/C29H50F4N6O/c1-5-7-8-9-21-26(23(11-14-35-21)39-17-24(37-18-39)29(31,32)33)38-27(40)25(19(3)34)22-15-28(4,12-6-2)13-10-20(30)16-36-22/h7-8,19-20,22-25,35-37H,5-6,9-18,34H2,1-4H3,(H,38,40)/b8-7-. The molecular weight excluding hydrogens is 524 g/mol. The average molecular weight is 575 g/mol. The number of amides is 1. The Hall–Kier alpha value is -1.69. The van der Waals surface area contributed by atoms with E-state index in [2.05, 4.69) is 35.1 Å². The molecule has 0 aromatic carbocycles. The molecule has 40 heavy (non-hydrogen) atoms. The predicted octanol–water partition coefficient (Wildman–Crippen LogP) is 4.08. The van der Waals surface area contributed by atoms with Crippen LogP contribution in [0.3, 0.4) is 0 Å². The van der Waals surface area contributed by atoms with Crippen molar-refractivity contribution in [2.75, 3.05) is 26.3 Å². The molecule has 3 aliphatic heterocycles. The van der Waals surface area contributed by atoms with Gasteiger partial charge in [-0.25, -0.2) is 4.39 Å². The summed E-state index contributed by atoms with van der Waals surface area (Å²) in [6.07, 6.45) is 4.48. The highest BCUT2D eigenvalue weighted by Crippen LogP contribution is 2.38. The van der Waals surface area contributed by atoms with Crippen LogP contribution in [0.15, 0.2) is 23.5 Å². The van der Waals surface area contributed by atoms with Gasteiger partial charge in [0.05, 0.1) is 17.7 Å². The molecular formula is C29H50F4N6O. The van der Waals surface area contributed by atoms with Crippen molar-refractivity contribution in [3.63, 3.8) is 0 Å². The molecule has 0 aromatic rings. The van der Waals surface area contributed by atoms with E-state index < -0.39 is 30.3 Å². The van der Waals surface area contributed by atoms with E-state index >= 15 is 0 Å². The van der Waals surface area contributed by atoms with E-state index in [1.54, 1.807) is 11.8 Å². The Kier molecular flexibility index (Phi) is 11.9. The van der Waals surface area contributed by atoms with Crippen LogP contribution in [0.4, 0.5) is 17.6 Å². The van der Waals surface area contributed by atoms with Crippen LogP contribution in [0, 0.1) is 11.3 Å². The van der Waals surface area contributed by atoms with Crippen molar-refractivity contribution in [2.24, 2.45) is 17.1 Å². The molecule has 0 radical (unpaired) electrons. The van der Waals surface area contributed by atoms with Crippen LogP contribution in [0.1, 0.15) is 79.1 Å². The molecule has 3 heterocycles. The third-order valence-corrected chi connectivity index (χ3v) is 8.72. The second-order valence-corrected chi connectivity index (χ2v) is 12.2. The Balaban J connectivity index is 1.90. The van der Waals surface area contributed by atoms with E-state index in [4.69, 9.17) is 5.73 Å². The normalized spacial score (nSPS) is 32.4. The van der Waals surface area contributed by atoms with Crippen LogP contribution in [0.5, 0.6) is 0 Å². The molecule has 7 unspecified atom stereocenters. The first kappa shape index (κ1) is 32.8. The zero-order chi connectivity index (χ0) is 29.5. The van der Waals surface area contributed by atoms with Gasteiger partial charge in [-0.15, -0.1) is 0 Å². The first-order chi connectivity index (χ1) is 18.9. The van der Waals surface area contributed by atoms with Gasteiger partial charge < -0.3 is 21.7 Å². The van der Waals surface area contributed by atoms with Gasteiger partial charge in [0.2, 0.25) is 5.91 Å². The maximum absolute atomic E-state index is 14.6. The number of allylic oxidation sites excluding steroid dienone is 2. The first-order valence-corrected chi connectivity index (χ1v) is 15.0. The highest BCUT2D eigenvalue weighted by molar-refractivity contribution is 5.82. The number of nitrogens with zero attached hydrogens (tertiary/aromatic N) is 1. The summed E-state index contributed by atoms with van der Waals surface area (Å²) in [7, 11) is 0. The minimum Gasteiger partial charge on any atom is -0.387 e. The third kappa shape index (κ3) is 8.66. The third-order valence-electron chi connectivity index (χ3n) is 8.72. The molecule has 230 valence electrons. The van der Waals surface area contributed by atoms with Gasteiger partial charge in [0.25, 0.3) is 0 Å². The summed E-state index contributed by atoms with van der Waals surface area (Å²) < 4.78 is 55.0. The van der Waals surface area contributed by atoms with Crippen LogP contribution in [-0.2, 0) is 4.79 Å². The number of hydrogen-bond acceptors (Lipinski definition) is 6. The zero-order valence-corrected chi connectivity index (χ0v) is 24.5. The minimum atomic E-state index is -4.34. The van der Waals surface area contributed by atoms with Crippen LogP contribution < -0.4 is 27.0 Å². The molecule has 0 aromatic heterocycles. The monoisotopic (exact) mass is 574 g/mol. The summed E-state index contributed by atoms with van der Waals surface area (Å²) in [4.78, 5) is 15.8. The van der Waals surface area contributed by atoms with E-state index in [0.29, 0.717) is 37.9 Å². The van der Waals surface area contributed by atoms with Crippen LogP contribution >= 0.6 is 0 Å². The number of carbonyl (C=O) groups is 1. The van der Waals surface area contributed by atoms with Gasteiger partial charge >= 0.3 is 6.18 Å². The Morgan fingerprint density at radius 3 is 2.62 bits per heavy atom. The summed E-state index contributed by atoms with van der Waals surface area (Å²) in [6.45, 7) is 8.77. The van der Waals surface area contributed by atoms with Gasteiger partial charge in [-0.3, -0.25) is 15.0 Å². The van der Waals surface area contributed by atoms with Crippen molar-refractivity contribution < 1.29 is 22.4 Å². The first-order valence-electron chi connectivity index (χ1n) is 15.0. The van der Waals surface area contributed by atoms with Gasteiger partial charge in [0.1, 0.15) is 12.2 Å². The largest absolute Gasteiger partial charge is 0.405 e. The second kappa shape index (κ2) is 14.5. The fourth-order valence-corrected chi connectivity index (χ4v) is 6.60. The molecule has 7 nitrogen and oxygen atoms in total. The topological polar surface area (TPSA) is 94.5 Å². The number of nitrogens with one attached hydrogen (secondary N) is 4. The van der Waals surface area contributed by atoms with E-state index in [0.717, 1.165) is 31.4 Å². The summed E-state index contributed by atoms with van der Waals surface area (Å²) in [5, 5.41) is 12.4. The van der Waals surface area contributed by atoms with Crippen molar-refractivity contribution in [3.8, 4) is 0 Å². The number of carbonyl (C=O) groups excluding carboxylic acids is 1. The number of rotatable bonds is 10. The second-order valence-electron chi connectivity index (χ2n) is 12.2. The van der Waals surface area contributed by atoms with E-state index in [1.165, 1.54) is 0 Å². The van der Waals surface area contributed by atoms with Gasteiger partial charge in [-0.2, -0.15) is 13.2 Å². The molecule has 7 atom stereocenters. The zero-order valence-electron chi connectivity index (χ0n) is 24.5. The van der Waals surface area contributed by atoms with Gasteiger partial charge in [0, 0.05) is 50.5 Å². The lowest BCUT2D eigenvalue weighted by Gasteiger charge is -2.41. The average Bonchev–Trinajstić information content (AvgIpc) is 3.37. The molecule has 11 heteroatoms. The maximum atomic E-state index is 14.6. The SMILES string of the molecule is CC/C=C\CC1=C(NC(=O)C(C(C)N)C2CC(C)(CCC)CCC(F)CN2)C(N2CNC(C(F)(F)F)C2)CCN1. The number of nitrogens with two attached hydrogens (primary N) is 1. The van der Waals surface area contributed by atoms with Crippen molar-refractivity contribution in [2.45, 2.75) is 116 Å². The van der Waals surface area contributed by atoms with Gasteiger partial charge in [-0.05, 0) is 50.9 Å². The number of hydrogen-bond donors (Lipinski definition) is 5. The lowest BCUT2D eigenvalue weighted by atomic mass is 9.71. The quantitative estimate of drug-likeness (QED) is 0.200. The van der Waals surface area contributed by atoms with Crippen molar-refractivity contribution >= 4 is 5.91 Å². The summed E-state index contributed by atoms with van der Waals surface area (Å²) in [5.41, 5.74) is 7.72. The van der Waals surface area contributed by atoms with Crippen LogP contribution in [0.2, 0.25) is 0 Å². The molecule has 1 amide bonds. The van der Waals surface area contributed by atoms with Crippen LogP contribution in [-0.4, -0.2) is 73.6 Å². The summed E-state index contributed by atoms with van der Waals surface area (Å²) >= 11 is 0. The molecule has 2 fully saturated rings. The summed E-state index contributed by atoms with van der Waals surface area (Å²) in [6, 6.07) is -2.82. The van der Waals surface area contributed by atoms with Crippen molar-refractivity contribution in [3.05, 3.63) is 23.5 Å². The highest BCUT2D eigenvalue weighted by atomic mass is 19.4. The predicted molar refractivity (Wildman–Crippen MR) is 151 cm³/mol. The van der Waals surface area contributed by atoms with Crippen LogP contribution in [0.25, 0.3) is 0 Å². The molecule has 3 rings (SSSR count). The maximum Gasteiger partial charge on any atom is 0.405 e. The lowest BCUT2D eigenvalue weighted by Crippen LogP contribution is -2.56. The molecule has 0 spiro atoms. The fourth-order valence-electron chi connectivity index (χ4n) is 6.60. The Morgan fingerprint density at radius 1 is 1.25 bits per heavy atom. The van der Waals surface area contributed by atoms with E-state index in [9.17, 15) is 22.4 Å².